The molecule has 1 atom stereocenters. The SMILES string of the molecule is CCCc1cc(=O)oc2c(C)c(OC(C)C(=O)N3CCC4(CCCO4)CC3)ccc12. The van der Waals surface area contributed by atoms with Crippen molar-refractivity contribution in [1.82, 2.24) is 4.90 Å². The van der Waals surface area contributed by atoms with Gasteiger partial charge < -0.3 is 18.8 Å². The van der Waals surface area contributed by atoms with Crippen LogP contribution in [0, 0.1) is 6.92 Å². The largest absolute Gasteiger partial charge is 0.480 e. The maximum Gasteiger partial charge on any atom is 0.336 e. The molecule has 1 amide bonds. The van der Waals surface area contributed by atoms with Gasteiger partial charge in [-0.25, -0.2) is 4.79 Å². The molecule has 2 aliphatic rings. The second-order valence-corrected chi connectivity index (χ2v) is 8.63. The van der Waals surface area contributed by atoms with E-state index in [0.717, 1.165) is 61.6 Å². The Kier molecular flexibility index (Phi) is 5.87. The van der Waals surface area contributed by atoms with Crippen LogP contribution in [0.1, 0.15) is 57.1 Å². The van der Waals surface area contributed by atoms with Crippen molar-refractivity contribution in [3.8, 4) is 5.75 Å². The van der Waals surface area contributed by atoms with Crippen LogP contribution >= 0.6 is 0 Å². The first-order chi connectivity index (χ1) is 14.4. The van der Waals surface area contributed by atoms with E-state index in [1.54, 1.807) is 13.0 Å². The molecule has 0 bridgehead atoms. The first kappa shape index (κ1) is 20.9. The zero-order valence-corrected chi connectivity index (χ0v) is 18.2. The summed E-state index contributed by atoms with van der Waals surface area (Å²) in [4.78, 5) is 26.9. The number of carbonyl (C=O) groups is 1. The second-order valence-electron chi connectivity index (χ2n) is 8.63. The Labute approximate surface area is 177 Å². The molecule has 1 aromatic carbocycles. The van der Waals surface area contributed by atoms with E-state index in [-0.39, 0.29) is 17.1 Å². The molecule has 0 N–H and O–H groups in total. The smallest absolute Gasteiger partial charge is 0.336 e. The number of piperidine rings is 1. The van der Waals surface area contributed by atoms with Gasteiger partial charge in [0, 0.05) is 36.7 Å². The Hall–Kier alpha value is -2.34. The molecule has 0 radical (unpaired) electrons. The van der Waals surface area contributed by atoms with E-state index in [9.17, 15) is 9.59 Å². The van der Waals surface area contributed by atoms with Gasteiger partial charge in [0.1, 0.15) is 11.3 Å². The summed E-state index contributed by atoms with van der Waals surface area (Å²) in [6, 6.07) is 5.36. The highest BCUT2D eigenvalue weighted by Gasteiger charge is 2.40. The van der Waals surface area contributed by atoms with Crippen LogP contribution in [0.4, 0.5) is 0 Å². The molecule has 0 saturated carbocycles. The highest BCUT2D eigenvalue weighted by molar-refractivity contribution is 5.85. The van der Waals surface area contributed by atoms with Crippen molar-refractivity contribution in [2.75, 3.05) is 19.7 Å². The lowest BCUT2D eigenvalue weighted by molar-refractivity contribution is -0.142. The van der Waals surface area contributed by atoms with Gasteiger partial charge in [0.2, 0.25) is 0 Å². The molecule has 4 rings (SSSR count). The van der Waals surface area contributed by atoms with E-state index in [2.05, 4.69) is 6.92 Å². The standard InChI is InChI=1S/C24H31NO5/c1-4-6-18-15-21(26)30-22-16(2)20(8-7-19(18)22)29-17(3)23(27)25-12-10-24(11-13-25)9-5-14-28-24/h7-8,15,17H,4-6,9-14H2,1-3H3. The number of amides is 1. The monoisotopic (exact) mass is 413 g/mol. The number of fused-ring (bicyclic) bond motifs is 1. The number of carbonyl (C=O) groups excluding carboxylic acids is 1. The topological polar surface area (TPSA) is 69.0 Å². The Bertz CT molecular complexity index is 979. The van der Waals surface area contributed by atoms with E-state index in [0.29, 0.717) is 24.4 Å². The van der Waals surface area contributed by atoms with Crippen LogP contribution in [0.3, 0.4) is 0 Å². The molecule has 2 fully saturated rings. The third-order valence-corrected chi connectivity index (χ3v) is 6.54. The maximum atomic E-state index is 13.0. The normalized spacial score (nSPS) is 19.4. The Morgan fingerprint density at radius 1 is 1.27 bits per heavy atom. The summed E-state index contributed by atoms with van der Waals surface area (Å²) in [5, 5.41) is 0.929. The molecule has 1 unspecified atom stereocenters. The third kappa shape index (κ3) is 3.97. The summed E-state index contributed by atoms with van der Waals surface area (Å²) in [6.07, 6.45) is 5.16. The average Bonchev–Trinajstić information content (AvgIpc) is 3.18. The van der Waals surface area contributed by atoms with E-state index in [1.807, 2.05) is 24.0 Å². The molecule has 0 aliphatic carbocycles. The molecule has 6 heteroatoms. The highest BCUT2D eigenvalue weighted by atomic mass is 16.5. The molecule has 2 aliphatic heterocycles. The number of aryl methyl sites for hydroxylation is 2. The minimum absolute atomic E-state index is 0.0104. The molecule has 3 heterocycles. The quantitative estimate of drug-likeness (QED) is 0.693. The van der Waals surface area contributed by atoms with Crippen LogP contribution in [-0.2, 0) is 16.0 Å². The second kappa shape index (κ2) is 8.42. The van der Waals surface area contributed by atoms with Crippen LogP contribution in [0.15, 0.2) is 27.4 Å². The highest BCUT2D eigenvalue weighted by Crippen LogP contribution is 2.36. The molecular formula is C24H31NO5. The molecule has 1 aromatic heterocycles. The summed E-state index contributed by atoms with van der Waals surface area (Å²) in [5.41, 5.74) is 1.91. The van der Waals surface area contributed by atoms with Crippen molar-refractivity contribution in [2.45, 2.75) is 71.0 Å². The lowest BCUT2D eigenvalue weighted by Crippen LogP contribution is -2.49. The number of benzene rings is 1. The van der Waals surface area contributed by atoms with E-state index in [1.165, 1.54) is 0 Å². The van der Waals surface area contributed by atoms with Crippen molar-refractivity contribution >= 4 is 16.9 Å². The first-order valence-corrected chi connectivity index (χ1v) is 11.1. The van der Waals surface area contributed by atoms with Crippen LogP contribution in [0.25, 0.3) is 11.0 Å². The van der Waals surface area contributed by atoms with Gasteiger partial charge in [-0.15, -0.1) is 0 Å². The number of hydrogen-bond acceptors (Lipinski definition) is 5. The fourth-order valence-electron chi connectivity index (χ4n) is 4.79. The van der Waals surface area contributed by atoms with Crippen molar-refractivity contribution in [1.29, 1.82) is 0 Å². The summed E-state index contributed by atoms with van der Waals surface area (Å²) in [5.74, 6) is 0.566. The Balaban J connectivity index is 1.49. The fraction of sp³-hybridized carbons (Fsp3) is 0.583. The fourth-order valence-corrected chi connectivity index (χ4v) is 4.79. The Morgan fingerprint density at radius 2 is 2.03 bits per heavy atom. The Morgan fingerprint density at radius 3 is 2.70 bits per heavy atom. The van der Waals surface area contributed by atoms with Gasteiger partial charge in [-0.1, -0.05) is 13.3 Å². The van der Waals surface area contributed by atoms with E-state index in [4.69, 9.17) is 13.9 Å². The molecule has 1 spiro atoms. The minimum Gasteiger partial charge on any atom is -0.480 e. The van der Waals surface area contributed by atoms with Crippen molar-refractivity contribution in [3.05, 3.63) is 39.7 Å². The maximum absolute atomic E-state index is 13.0. The molecule has 6 nitrogen and oxygen atoms in total. The summed E-state index contributed by atoms with van der Waals surface area (Å²) in [7, 11) is 0. The molecule has 2 aromatic rings. The third-order valence-electron chi connectivity index (χ3n) is 6.54. The van der Waals surface area contributed by atoms with Gasteiger partial charge in [-0.2, -0.15) is 0 Å². The predicted octanol–water partition coefficient (Wildman–Crippen LogP) is 3.99. The first-order valence-electron chi connectivity index (χ1n) is 11.1. The predicted molar refractivity (Wildman–Crippen MR) is 115 cm³/mol. The van der Waals surface area contributed by atoms with Crippen molar-refractivity contribution in [3.63, 3.8) is 0 Å². The number of hydrogen-bond donors (Lipinski definition) is 0. The number of likely N-dealkylation sites (tertiary alicyclic amines) is 1. The van der Waals surface area contributed by atoms with E-state index < -0.39 is 6.10 Å². The average molecular weight is 414 g/mol. The number of rotatable bonds is 5. The van der Waals surface area contributed by atoms with Gasteiger partial charge in [0.15, 0.2) is 6.10 Å². The van der Waals surface area contributed by atoms with Gasteiger partial charge in [0.25, 0.3) is 5.91 Å². The van der Waals surface area contributed by atoms with Gasteiger partial charge in [-0.05, 0) is 63.6 Å². The molecule has 2 saturated heterocycles. The zero-order valence-electron chi connectivity index (χ0n) is 18.2. The molecule has 30 heavy (non-hydrogen) atoms. The summed E-state index contributed by atoms with van der Waals surface area (Å²) < 4.78 is 17.5. The summed E-state index contributed by atoms with van der Waals surface area (Å²) >= 11 is 0. The minimum atomic E-state index is -0.606. The van der Waals surface area contributed by atoms with Crippen molar-refractivity contribution < 1.29 is 18.7 Å². The number of ether oxygens (including phenoxy) is 2. The van der Waals surface area contributed by atoms with E-state index >= 15 is 0 Å². The van der Waals surface area contributed by atoms with Crippen LogP contribution in [-0.4, -0.2) is 42.2 Å². The molecule has 162 valence electrons. The van der Waals surface area contributed by atoms with Crippen LogP contribution in [0.5, 0.6) is 5.75 Å². The van der Waals surface area contributed by atoms with Crippen LogP contribution in [0.2, 0.25) is 0 Å². The molecular weight excluding hydrogens is 382 g/mol. The van der Waals surface area contributed by atoms with Gasteiger partial charge in [0.05, 0.1) is 5.60 Å². The number of nitrogens with zero attached hydrogens (tertiary/aromatic N) is 1. The van der Waals surface area contributed by atoms with Crippen molar-refractivity contribution in [2.24, 2.45) is 0 Å². The summed E-state index contributed by atoms with van der Waals surface area (Å²) in [6.45, 7) is 7.99. The zero-order chi connectivity index (χ0) is 21.3. The van der Waals surface area contributed by atoms with Crippen LogP contribution < -0.4 is 10.4 Å². The van der Waals surface area contributed by atoms with Gasteiger partial charge in [-0.3, -0.25) is 4.79 Å². The lowest BCUT2D eigenvalue weighted by atomic mass is 9.88. The van der Waals surface area contributed by atoms with Gasteiger partial charge >= 0.3 is 5.63 Å². The lowest BCUT2D eigenvalue weighted by Gasteiger charge is -2.39.